The van der Waals surface area contributed by atoms with Gasteiger partial charge in [0.15, 0.2) is 5.82 Å². The highest BCUT2D eigenvalue weighted by Gasteiger charge is 2.40. The Hall–Kier alpha value is -2.22. The maximum atomic E-state index is 13.1. The van der Waals surface area contributed by atoms with Crippen LogP contribution in [0.15, 0.2) is 17.0 Å². The van der Waals surface area contributed by atoms with Gasteiger partial charge in [-0.05, 0) is 19.4 Å². The first-order chi connectivity index (χ1) is 12.5. The Morgan fingerprint density at radius 1 is 1.38 bits per heavy atom. The molecule has 0 radical (unpaired) electrons. The third-order valence-corrected chi connectivity index (χ3v) is 5.43. The average molecular weight is 358 g/mol. The van der Waals surface area contributed by atoms with Gasteiger partial charge in [0.25, 0.3) is 0 Å². The van der Waals surface area contributed by atoms with E-state index in [1.165, 1.54) is 0 Å². The first-order valence-electron chi connectivity index (χ1n) is 9.32. The lowest BCUT2D eigenvalue weighted by atomic mass is 9.92. The normalized spacial score (nSPS) is 23.5. The zero-order chi connectivity index (χ0) is 18.3. The predicted molar refractivity (Wildman–Crippen MR) is 94.3 cm³/mol. The Kier molecular flexibility index (Phi) is 4.52. The number of aromatic nitrogens is 4. The van der Waals surface area contributed by atoms with E-state index in [1.54, 1.807) is 11.2 Å². The third kappa shape index (κ3) is 3.38. The average Bonchev–Trinajstić information content (AvgIpc) is 3.04. The molecule has 1 saturated carbocycles. The van der Waals surface area contributed by atoms with Gasteiger partial charge in [-0.15, -0.1) is 0 Å². The van der Waals surface area contributed by atoms with Crippen molar-refractivity contribution >= 4 is 5.91 Å². The fourth-order valence-corrected chi connectivity index (χ4v) is 3.72. The number of likely N-dealkylation sites (tertiary alicyclic amines) is 1. The number of hydrogen-bond acceptors (Lipinski definition) is 6. The van der Waals surface area contributed by atoms with Gasteiger partial charge in [-0.25, -0.2) is 4.98 Å². The molecule has 8 nitrogen and oxygen atoms in total. The summed E-state index contributed by atoms with van der Waals surface area (Å²) in [5, 5.41) is 4.03. The SMILES string of the molecule is CCN1C[C@@H](C(=O)N(C)Cc2noc(C3CC3)n2)[C@H](c2cn(C)cn2)C1. The predicted octanol–water partition coefficient (Wildman–Crippen LogP) is 1.37. The lowest BCUT2D eigenvalue weighted by Gasteiger charge is -2.22. The summed E-state index contributed by atoms with van der Waals surface area (Å²) >= 11 is 0. The van der Waals surface area contributed by atoms with E-state index in [0.717, 1.165) is 38.2 Å². The van der Waals surface area contributed by atoms with Gasteiger partial charge >= 0.3 is 0 Å². The Bertz CT molecular complexity index is 780. The molecule has 2 aliphatic rings. The van der Waals surface area contributed by atoms with E-state index in [9.17, 15) is 4.79 Å². The number of amides is 1. The minimum Gasteiger partial charge on any atom is -0.340 e. The van der Waals surface area contributed by atoms with E-state index in [2.05, 4.69) is 26.9 Å². The molecule has 0 bridgehead atoms. The minimum absolute atomic E-state index is 0.0929. The number of imidazole rings is 1. The maximum Gasteiger partial charge on any atom is 0.229 e. The molecule has 1 aliphatic carbocycles. The van der Waals surface area contributed by atoms with Crippen LogP contribution in [0.25, 0.3) is 0 Å². The van der Waals surface area contributed by atoms with Gasteiger partial charge in [0.2, 0.25) is 11.8 Å². The fourth-order valence-electron chi connectivity index (χ4n) is 3.72. The number of likely N-dealkylation sites (N-methyl/N-ethyl adjacent to an activating group) is 1. The summed E-state index contributed by atoms with van der Waals surface area (Å²) in [7, 11) is 3.78. The second kappa shape index (κ2) is 6.83. The first-order valence-corrected chi connectivity index (χ1v) is 9.32. The smallest absolute Gasteiger partial charge is 0.229 e. The second-order valence-electron chi connectivity index (χ2n) is 7.55. The molecule has 0 N–H and O–H groups in total. The monoisotopic (exact) mass is 358 g/mol. The van der Waals surface area contributed by atoms with Crippen molar-refractivity contribution in [3.8, 4) is 0 Å². The van der Waals surface area contributed by atoms with Crippen LogP contribution in [0.2, 0.25) is 0 Å². The topological polar surface area (TPSA) is 80.3 Å². The molecule has 3 heterocycles. The molecule has 4 rings (SSSR count). The molecule has 2 aromatic rings. The van der Waals surface area contributed by atoms with E-state index in [1.807, 2.05) is 24.9 Å². The summed E-state index contributed by atoms with van der Waals surface area (Å²) in [4.78, 5) is 26.1. The first kappa shape index (κ1) is 17.2. The van der Waals surface area contributed by atoms with Crippen molar-refractivity contribution < 1.29 is 9.32 Å². The van der Waals surface area contributed by atoms with Gasteiger partial charge in [0.05, 0.1) is 24.5 Å². The van der Waals surface area contributed by atoms with Crippen LogP contribution >= 0.6 is 0 Å². The number of nitrogens with zero attached hydrogens (tertiary/aromatic N) is 6. The zero-order valence-corrected chi connectivity index (χ0v) is 15.6. The van der Waals surface area contributed by atoms with E-state index < -0.39 is 0 Å². The molecule has 0 aromatic carbocycles. The summed E-state index contributed by atoms with van der Waals surface area (Å²) in [6.45, 7) is 5.08. The molecule has 2 atom stereocenters. The molecule has 2 aromatic heterocycles. The highest BCUT2D eigenvalue weighted by Crippen LogP contribution is 2.39. The molecule has 8 heteroatoms. The van der Waals surface area contributed by atoms with Crippen molar-refractivity contribution in [1.29, 1.82) is 0 Å². The standard InChI is InChI=1S/C18H26N6O2/c1-4-24-7-13(15-9-22(2)11-19-15)14(8-24)18(25)23(3)10-16-20-17(26-21-16)12-5-6-12/h9,11-14H,4-8,10H2,1-3H3/t13-,14-/m1/s1. The van der Waals surface area contributed by atoms with Gasteiger partial charge in [-0.3, -0.25) is 4.79 Å². The number of hydrogen-bond donors (Lipinski definition) is 0. The Balaban J connectivity index is 1.46. The molecule has 0 unspecified atom stereocenters. The summed E-state index contributed by atoms with van der Waals surface area (Å²) in [6, 6.07) is 0. The van der Waals surface area contributed by atoms with Crippen LogP contribution in [-0.2, 0) is 18.4 Å². The largest absolute Gasteiger partial charge is 0.340 e. The van der Waals surface area contributed by atoms with Crippen LogP contribution in [0.4, 0.5) is 0 Å². The molecule has 0 spiro atoms. The van der Waals surface area contributed by atoms with Gasteiger partial charge in [0.1, 0.15) is 0 Å². The van der Waals surface area contributed by atoms with Gasteiger partial charge in [0, 0.05) is 45.2 Å². The lowest BCUT2D eigenvalue weighted by molar-refractivity contribution is -0.134. The Labute approximate surface area is 153 Å². The van der Waals surface area contributed by atoms with Gasteiger partial charge in [-0.2, -0.15) is 4.98 Å². The van der Waals surface area contributed by atoms with Crippen LogP contribution in [0.3, 0.4) is 0 Å². The van der Waals surface area contributed by atoms with Crippen LogP contribution in [0.1, 0.15) is 49.0 Å². The van der Waals surface area contributed by atoms with Crippen molar-refractivity contribution in [1.82, 2.24) is 29.5 Å². The summed E-state index contributed by atoms with van der Waals surface area (Å²) < 4.78 is 7.24. The van der Waals surface area contributed by atoms with Crippen molar-refractivity contribution in [2.75, 3.05) is 26.7 Å². The molecular weight excluding hydrogens is 332 g/mol. The molecule has 1 saturated heterocycles. The van der Waals surface area contributed by atoms with Gasteiger partial charge < -0.3 is 18.9 Å². The zero-order valence-electron chi connectivity index (χ0n) is 15.6. The van der Waals surface area contributed by atoms with Crippen molar-refractivity contribution in [3.63, 3.8) is 0 Å². The molecule has 26 heavy (non-hydrogen) atoms. The summed E-state index contributed by atoms with van der Waals surface area (Å²) in [5.41, 5.74) is 0.991. The fraction of sp³-hybridized carbons (Fsp3) is 0.667. The Morgan fingerprint density at radius 2 is 2.19 bits per heavy atom. The van der Waals surface area contributed by atoms with Crippen molar-refractivity contribution in [2.24, 2.45) is 13.0 Å². The lowest BCUT2D eigenvalue weighted by Crippen LogP contribution is -2.36. The third-order valence-electron chi connectivity index (χ3n) is 5.43. The maximum absolute atomic E-state index is 13.1. The number of carbonyl (C=O) groups is 1. The number of rotatable bonds is 6. The van der Waals surface area contributed by atoms with E-state index in [-0.39, 0.29) is 17.7 Å². The highest BCUT2D eigenvalue weighted by molar-refractivity contribution is 5.80. The van der Waals surface area contributed by atoms with Crippen LogP contribution in [-0.4, -0.2) is 62.1 Å². The van der Waals surface area contributed by atoms with Gasteiger partial charge in [-0.1, -0.05) is 12.1 Å². The van der Waals surface area contributed by atoms with Crippen LogP contribution in [0, 0.1) is 5.92 Å². The summed E-state index contributed by atoms with van der Waals surface area (Å²) in [6.07, 6.45) is 6.06. The molecule has 140 valence electrons. The highest BCUT2D eigenvalue weighted by atomic mass is 16.5. The van der Waals surface area contributed by atoms with Crippen LogP contribution in [0.5, 0.6) is 0 Å². The van der Waals surface area contributed by atoms with E-state index in [0.29, 0.717) is 24.2 Å². The molecule has 1 amide bonds. The molecule has 2 fully saturated rings. The minimum atomic E-state index is -0.0929. The number of carbonyl (C=O) groups excluding carboxylic acids is 1. The second-order valence-corrected chi connectivity index (χ2v) is 7.55. The molecule has 1 aliphatic heterocycles. The van der Waals surface area contributed by atoms with Crippen molar-refractivity contribution in [3.05, 3.63) is 29.9 Å². The molecular formula is C18H26N6O2. The number of aryl methyl sites for hydroxylation is 1. The van der Waals surface area contributed by atoms with Crippen molar-refractivity contribution in [2.45, 2.75) is 38.1 Å². The summed E-state index contributed by atoms with van der Waals surface area (Å²) in [5.74, 6) is 1.88. The van der Waals surface area contributed by atoms with E-state index in [4.69, 9.17) is 4.52 Å². The Morgan fingerprint density at radius 3 is 2.85 bits per heavy atom. The van der Waals surface area contributed by atoms with E-state index >= 15 is 0 Å². The quantitative estimate of drug-likeness (QED) is 0.776. The van der Waals surface area contributed by atoms with Crippen LogP contribution < -0.4 is 0 Å².